The van der Waals surface area contributed by atoms with Gasteiger partial charge in [0, 0.05) is 22.7 Å². The highest BCUT2D eigenvalue weighted by molar-refractivity contribution is 6.31. The van der Waals surface area contributed by atoms with Gasteiger partial charge in [-0.3, -0.25) is 4.79 Å². The van der Waals surface area contributed by atoms with Crippen LogP contribution in [0.15, 0.2) is 23.3 Å². The SMILES string of the molecule is CCC(=O)N(CCC#N)/N=C(\C)c1cc(Cl)ccc1N. The van der Waals surface area contributed by atoms with Crippen molar-refractivity contribution in [1.29, 1.82) is 5.26 Å². The summed E-state index contributed by atoms with van der Waals surface area (Å²) in [4.78, 5) is 11.8. The third-order valence-corrected chi connectivity index (χ3v) is 2.94. The van der Waals surface area contributed by atoms with Crippen molar-refractivity contribution >= 4 is 28.9 Å². The van der Waals surface area contributed by atoms with Crippen molar-refractivity contribution in [2.75, 3.05) is 12.3 Å². The Morgan fingerprint density at radius 3 is 2.85 bits per heavy atom. The maximum absolute atomic E-state index is 11.8. The lowest BCUT2D eigenvalue weighted by Crippen LogP contribution is -2.27. The summed E-state index contributed by atoms with van der Waals surface area (Å²) in [6.07, 6.45) is 0.556. The van der Waals surface area contributed by atoms with Crippen LogP contribution in [0.2, 0.25) is 5.02 Å². The second-order valence-corrected chi connectivity index (χ2v) is 4.63. The van der Waals surface area contributed by atoms with Crippen molar-refractivity contribution in [3.63, 3.8) is 0 Å². The molecule has 0 saturated carbocycles. The Kier molecular flexibility index (Phi) is 6.01. The minimum atomic E-state index is -0.139. The average Bonchev–Trinajstić information content (AvgIpc) is 2.44. The number of amides is 1. The second kappa shape index (κ2) is 7.51. The Morgan fingerprint density at radius 1 is 1.55 bits per heavy atom. The first-order chi connectivity index (χ1) is 9.49. The summed E-state index contributed by atoms with van der Waals surface area (Å²) >= 11 is 5.94. The molecule has 1 aromatic rings. The zero-order chi connectivity index (χ0) is 15.1. The van der Waals surface area contributed by atoms with Crippen LogP contribution in [0.3, 0.4) is 0 Å². The number of hydrogen-bond acceptors (Lipinski definition) is 4. The van der Waals surface area contributed by atoms with Gasteiger partial charge >= 0.3 is 0 Å². The number of halogens is 1. The van der Waals surface area contributed by atoms with E-state index in [2.05, 4.69) is 5.10 Å². The van der Waals surface area contributed by atoms with Crippen molar-refractivity contribution in [2.45, 2.75) is 26.7 Å². The minimum Gasteiger partial charge on any atom is -0.398 e. The average molecular weight is 293 g/mol. The van der Waals surface area contributed by atoms with Gasteiger partial charge in [-0.2, -0.15) is 10.4 Å². The molecule has 0 atom stereocenters. The Bertz CT molecular complexity index is 563. The molecule has 0 aliphatic carbocycles. The second-order valence-electron chi connectivity index (χ2n) is 4.20. The third kappa shape index (κ3) is 4.25. The Hall–Kier alpha value is -2.06. The topological polar surface area (TPSA) is 82.5 Å². The zero-order valence-electron chi connectivity index (χ0n) is 11.6. The fourth-order valence-corrected chi connectivity index (χ4v) is 1.82. The first kappa shape index (κ1) is 16.0. The molecular formula is C14H17ClN4O. The number of nitriles is 1. The Balaban J connectivity index is 3.06. The lowest BCUT2D eigenvalue weighted by molar-refractivity contribution is -0.130. The van der Waals surface area contributed by atoms with Crippen molar-refractivity contribution in [3.05, 3.63) is 28.8 Å². The molecule has 0 radical (unpaired) electrons. The number of hydrogen-bond donors (Lipinski definition) is 1. The van der Waals surface area contributed by atoms with Gasteiger partial charge in [0.2, 0.25) is 5.91 Å². The molecule has 20 heavy (non-hydrogen) atoms. The molecule has 0 aliphatic rings. The lowest BCUT2D eigenvalue weighted by Gasteiger charge is -2.17. The summed E-state index contributed by atoms with van der Waals surface area (Å²) in [5.74, 6) is -0.139. The molecule has 0 heterocycles. The monoisotopic (exact) mass is 292 g/mol. The van der Waals surface area contributed by atoms with Gasteiger partial charge in [0.1, 0.15) is 0 Å². The number of rotatable bonds is 5. The largest absolute Gasteiger partial charge is 0.398 e. The van der Waals surface area contributed by atoms with Crippen molar-refractivity contribution in [2.24, 2.45) is 5.10 Å². The number of anilines is 1. The summed E-state index contributed by atoms with van der Waals surface area (Å²) in [5, 5.41) is 14.7. The maximum Gasteiger partial charge on any atom is 0.242 e. The molecule has 0 unspecified atom stereocenters. The van der Waals surface area contributed by atoms with E-state index in [1.165, 1.54) is 5.01 Å². The number of nitrogens with two attached hydrogens (primary N) is 1. The van der Waals surface area contributed by atoms with E-state index in [0.29, 0.717) is 28.4 Å². The number of nitrogens with zero attached hydrogens (tertiary/aromatic N) is 3. The van der Waals surface area contributed by atoms with Crippen LogP contribution >= 0.6 is 11.6 Å². The predicted octanol–water partition coefficient (Wildman–Crippen LogP) is 2.80. The number of carbonyl (C=O) groups is 1. The molecule has 1 amide bonds. The number of nitrogen functional groups attached to an aromatic ring is 1. The highest BCUT2D eigenvalue weighted by Gasteiger charge is 2.12. The molecule has 0 aliphatic heterocycles. The van der Waals surface area contributed by atoms with Gasteiger partial charge in [-0.05, 0) is 25.1 Å². The van der Waals surface area contributed by atoms with E-state index in [4.69, 9.17) is 22.6 Å². The van der Waals surface area contributed by atoms with Gasteiger partial charge in [0.05, 0.1) is 24.7 Å². The molecule has 0 spiro atoms. The third-order valence-electron chi connectivity index (χ3n) is 2.70. The normalized spacial score (nSPS) is 11.0. The van der Waals surface area contributed by atoms with E-state index in [0.717, 1.165) is 0 Å². The van der Waals surface area contributed by atoms with Crippen molar-refractivity contribution < 1.29 is 4.79 Å². The Labute approximate surface area is 123 Å². The molecule has 6 heteroatoms. The highest BCUT2D eigenvalue weighted by atomic mass is 35.5. The summed E-state index contributed by atoms with van der Waals surface area (Å²) in [7, 11) is 0. The van der Waals surface area contributed by atoms with Gasteiger partial charge in [0.15, 0.2) is 0 Å². The standard InChI is InChI=1S/C14H17ClN4O/c1-3-14(20)19(8-4-7-16)18-10(2)12-9-11(15)5-6-13(12)17/h5-6,9H,3-4,8,17H2,1-2H3/b18-10+. The van der Waals surface area contributed by atoms with Gasteiger partial charge in [0.25, 0.3) is 0 Å². The number of benzene rings is 1. The molecule has 1 aromatic carbocycles. The molecule has 0 aromatic heterocycles. The first-order valence-electron chi connectivity index (χ1n) is 6.27. The van der Waals surface area contributed by atoms with Crippen LogP contribution in [0.1, 0.15) is 32.3 Å². The summed E-state index contributed by atoms with van der Waals surface area (Å²) in [5.41, 5.74) is 7.69. The van der Waals surface area contributed by atoms with Crippen LogP contribution in [-0.4, -0.2) is 23.2 Å². The van der Waals surface area contributed by atoms with E-state index in [1.54, 1.807) is 32.0 Å². The quantitative estimate of drug-likeness (QED) is 0.514. The molecule has 2 N–H and O–H groups in total. The van der Waals surface area contributed by atoms with Gasteiger partial charge in [-0.15, -0.1) is 0 Å². The minimum absolute atomic E-state index is 0.139. The van der Waals surface area contributed by atoms with Crippen LogP contribution < -0.4 is 5.73 Å². The summed E-state index contributed by atoms with van der Waals surface area (Å²) in [6, 6.07) is 7.09. The number of carbonyl (C=O) groups excluding carboxylic acids is 1. The van der Waals surface area contributed by atoms with Gasteiger partial charge in [-0.1, -0.05) is 18.5 Å². The van der Waals surface area contributed by atoms with E-state index < -0.39 is 0 Å². The Morgan fingerprint density at radius 2 is 2.25 bits per heavy atom. The van der Waals surface area contributed by atoms with Crippen LogP contribution in [0, 0.1) is 11.3 Å². The van der Waals surface area contributed by atoms with E-state index in [1.807, 2.05) is 6.07 Å². The van der Waals surface area contributed by atoms with E-state index >= 15 is 0 Å². The molecule has 0 bridgehead atoms. The van der Waals surface area contributed by atoms with Crippen LogP contribution in [-0.2, 0) is 4.79 Å². The fraction of sp³-hybridized carbons (Fsp3) is 0.357. The highest BCUT2D eigenvalue weighted by Crippen LogP contribution is 2.19. The first-order valence-corrected chi connectivity index (χ1v) is 6.65. The van der Waals surface area contributed by atoms with Crippen molar-refractivity contribution in [1.82, 2.24) is 5.01 Å². The lowest BCUT2D eigenvalue weighted by atomic mass is 10.1. The maximum atomic E-state index is 11.8. The molecule has 106 valence electrons. The predicted molar refractivity (Wildman–Crippen MR) is 80.3 cm³/mol. The molecule has 5 nitrogen and oxygen atoms in total. The number of hydrazone groups is 1. The molecule has 1 rings (SSSR count). The zero-order valence-corrected chi connectivity index (χ0v) is 12.3. The van der Waals surface area contributed by atoms with Gasteiger partial charge in [-0.25, -0.2) is 5.01 Å². The molecule has 0 fully saturated rings. The van der Waals surface area contributed by atoms with Crippen LogP contribution in [0.5, 0.6) is 0 Å². The molecular weight excluding hydrogens is 276 g/mol. The van der Waals surface area contributed by atoms with Crippen LogP contribution in [0.25, 0.3) is 0 Å². The fourth-order valence-electron chi connectivity index (χ4n) is 1.65. The smallest absolute Gasteiger partial charge is 0.242 e. The summed E-state index contributed by atoms with van der Waals surface area (Å²) < 4.78 is 0. The van der Waals surface area contributed by atoms with E-state index in [9.17, 15) is 4.79 Å². The van der Waals surface area contributed by atoms with Crippen LogP contribution in [0.4, 0.5) is 5.69 Å². The van der Waals surface area contributed by atoms with E-state index in [-0.39, 0.29) is 18.9 Å². The van der Waals surface area contributed by atoms with Crippen molar-refractivity contribution in [3.8, 4) is 6.07 Å². The molecule has 0 saturated heterocycles. The summed E-state index contributed by atoms with van der Waals surface area (Å²) in [6.45, 7) is 3.77. The van der Waals surface area contributed by atoms with Gasteiger partial charge < -0.3 is 5.73 Å².